The van der Waals surface area contributed by atoms with Crippen LogP contribution in [0.4, 0.5) is 4.39 Å². The van der Waals surface area contributed by atoms with Crippen LogP contribution in [-0.4, -0.2) is 52.5 Å². The molecule has 176 valence electrons. The molecule has 1 atom stereocenters. The highest BCUT2D eigenvalue weighted by Gasteiger charge is 2.45. The monoisotopic (exact) mass is 474 g/mol. The maximum absolute atomic E-state index is 13.3. The molecule has 1 N–H and O–H groups in total. The van der Waals surface area contributed by atoms with E-state index in [0.29, 0.717) is 40.5 Å². The van der Waals surface area contributed by atoms with Gasteiger partial charge in [0, 0.05) is 25.2 Å². The highest BCUT2D eigenvalue weighted by Crippen LogP contribution is 2.30. The van der Waals surface area contributed by atoms with E-state index in [0.717, 1.165) is 5.56 Å². The van der Waals surface area contributed by atoms with Crippen molar-refractivity contribution in [2.75, 3.05) is 11.5 Å². The van der Waals surface area contributed by atoms with Crippen molar-refractivity contribution < 1.29 is 22.3 Å². The van der Waals surface area contributed by atoms with E-state index in [9.17, 15) is 17.6 Å². The smallest absolute Gasteiger partial charge is 0.253 e. The Balaban J connectivity index is 1.71. The fraction of sp³-hybridized carbons (Fsp3) is 0.435. The lowest BCUT2D eigenvalue weighted by molar-refractivity contribution is 0.0860. The van der Waals surface area contributed by atoms with Gasteiger partial charge in [-0.25, -0.2) is 12.8 Å². The Hall–Kier alpha value is -3.01. The van der Waals surface area contributed by atoms with Gasteiger partial charge >= 0.3 is 0 Å². The molecule has 2 aromatic heterocycles. The van der Waals surface area contributed by atoms with Crippen molar-refractivity contribution in [3.05, 3.63) is 42.1 Å². The third kappa shape index (κ3) is 5.00. The van der Waals surface area contributed by atoms with Crippen LogP contribution in [0.5, 0.6) is 5.75 Å². The number of pyridine rings is 1. The van der Waals surface area contributed by atoms with E-state index in [-0.39, 0.29) is 17.4 Å². The average Bonchev–Trinajstić information content (AvgIpc) is 3.03. The molecule has 1 unspecified atom stereocenters. The van der Waals surface area contributed by atoms with Crippen LogP contribution in [0.2, 0.25) is 0 Å². The second-order valence-electron chi connectivity index (χ2n) is 9.25. The second-order valence-corrected chi connectivity index (χ2v) is 11.3. The molecule has 1 fully saturated rings. The van der Waals surface area contributed by atoms with Gasteiger partial charge in [-0.15, -0.1) is 0 Å². The molecule has 1 saturated heterocycles. The summed E-state index contributed by atoms with van der Waals surface area (Å²) in [6, 6.07) is 8.70. The van der Waals surface area contributed by atoms with Gasteiger partial charge in [-0.1, -0.05) is 26.0 Å². The predicted molar refractivity (Wildman–Crippen MR) is 124 cm³/mol. The first-order valence-corrected chi connectivity index (χ1v) is 12.6. The lowest BCUT2D eigenvalue weighted by Crippen LogP contribution is -2.63. The van der Waals surface area contributed by atoms with Crippen LogP contribution in [-0.2, 0) is 16.4 Å². The molecule has 8 nitrogen and oxygen atoms in total. The summed E-state index contributed by atoms with van der Waals surface area (Å²) in [5.41, 5.74) is 2.16. The minimum atomic E-state index is -3.09. The van der Waals surface area contributed by atoms with E-state index in [1.165, 1.54) is 13.1 Å². The highest BCUT2D eigenvalue weighted by atomic mass is 32.2. The quantitative estimate of drug-likeness (QED) is 0.563. The van der Waals surface area contributed by atoms with Crippen LogP contribution in [0.25, 0.3) is 22.3 Å². The van der Waals surface area contributed by atoms with Crippen molar-refractivity contribution >= 4 is 26.8 Å². The van der Waals surface area contributed by atoms with Gasteiger partial charge in [0.2, 0.25) is 6.36 Å². The first-order valence-electron chi connectivity index (χ1n) is 10.8. The molecule has 1 amide bonds. The first kappa shape index (κ1) is 23.2. The van der Waals surface area contributed by atoms with Crippen LogP contribution >= 0.6 is 0 Å². The number of rotatable bonds is 7. The molecule has 33 heavy (non-hydrogen) atoms. The molecule has 0 radical (unpaired) electrons. The Morgan fingerprint density at radius 3 is 2.64 bits per heavy atom. The third-order valence-electron chi connectivity index (χ3n) is 5.29. The molecule has 0 aliphatic carbocycles. The maximum atomic E-state index is 13.3. The summed E-state index contributed by atoms with van der Waals surface area (Å²) in [5.74, 6) is 0.140. The topological polar surface area (TPSA) is 103 Å². The number of benzene rings is 1. The molecule has 10 heteroatoms. The molecule has 0 saturated carbocycles. The van der Waals surface area contributed by atoms with Gasteiger partial charge in [0.25, 0.3) is 5.91 Å². The van der Waals surface area contributed by atoms with Gasteiger partial charge in [-0.05, 0) is 31.0 Å². The summed E-state index contributed by atoms with van der Waals surface area (Å²) in [5, 5.41) is 7.55. The van der Waals surface area contributed by atoms with E-state index in [1.807, 2.05) is 6.07 Å². The molecule has 1 aromatic carbocycles. The summed E-state index contributed by atoms with van der Waals surface area (Å²) in [6.07, 6.45) is 0.0190. The van der Waals surface area contributed by atoms with Crippen molar-refractivity contribution in [1.29, 1.82) is 0 Å². The number of hydrogen-bond acceptors (Lipinski definition) is 6. The van der Waals surface area contributed by atoms with E-state index in [2.05, 4.69) is 24.1 Å². The lowest BCUT2D eigenvalue weighted by Gasteiger charge is -2.38. The summed E-state index contributed by atoms with van der Waals surface area (Å²) in [4.78, 5) is 17.4. The van der Waals surface area contributed by atoms with Crippen molar-refractivity contribution in [2.45, 2.75) is 46.1 Å². The fourth-order valence-electron chi connectivity index (χ4n) is 4.11. The van der Waals surface area contributed by atoms with Gasteiger partial charge in [0.15, 0.2) is 9.84 Å². The van der Waals surface area contributed by atoms with Crippen molar-refractivity contribution in [3.8, 4) is 17.0 Å². The van der Waals surface area contributed by atoms with E-state index in [1.54, 1.807) is 35.9 Å². The number of alkyl halides is 1. The maximum Gasteiger partial charge on any atom is 0.253 e. The van der Waals surface area contributed by atoms with E-state index >= 15 is 0 Å². The van der Waals surface area contributed by atoms with Crippen LogP contribution in [0.1, 0.15) is 38.1 Å². The van der Waals surface area contributed by atoms with Crippen LogP contribution in [0.15, 0.2) is 36.5 Å². The van der Waals surface area contributed by atoms with Crippen LogP contribution < -0.4 is 10.1 Å². The lowest BCUT2D eigenvalue weighted by atomic mass is 10.1. The van der Waals surface area contributed by atoms with Crippen molar-refractivity contribution in [2.24, 2.45) is 5.92 Å². The summed E-state index contributed by atoms with van der Waals surface area (Å²) in [6.45, 7) is 7.76. The highest BCUT2D eigenvalue weighted by molar-refractivity contribution is 7.93. The Morgan fingerprint density at radius 1 is 1.27 bits per heavy atom. The zero-order valence-corrected chi connectivity index (χ0v) is 19.8. The Morgan fingerprint density at radius 2 is 2.00 bits per heavy atom. The molecule has 4 rings (SSSR count). The van der Waals surface area contributed by atoms with Gasteiger partial charge in [0.05, 0.1) is 28.1 Å². The Kier molecular flexibility index (Phi) is 5.90. The Labute approximate surface area is 192 Å². The SMILES string of the molecule is CC(C)Cn1nc(-c2cccc(OC(C)F)c2)c2ncc(C(=O)NC3(C)CS(=O)(=O)C3)cc21. The number of carbonyl (C=O) groups is 1. The fourth-order valence-corrected chi connectivity index (χ4v) is 6.11. The number of carbonyl (C=O) groups excluding carboxylic acids is 1. The number of ether oxygens (including phenoxy) is 1. The number of nitrogens with zero attached hydrogens (tertiary/aromatic N) is 3. The minimum absolute atomic E-state index is 0.0766. The normalized spacial score (nSPS) is 17.5. The number of aromatic nitrogens is 3. The van der Waals surface area contributed by atoms with Crippen molar-refractivity contribution in [3.63, 3.8) is 0 Å². The first-order chi connectivity index (χ1) is 15.4. The standard InChI is InChI=1S/C23H27FN4O4S/c1-14(2)11-28-19-9-17(22(29)26-23(4)12-33(30,31)13-23)10-25-21(19)20(27-28)16-6-5-7-18(8-16)32-15(3)24/h5-10,14-15H,11-13H2,1-4H3,(H,26,29). The van der Waals surface area contributed by atoms with Gasteiger partial charge in [0.1, 0.15) is 17.0 Å². The zero-order chi connectivity index (χ0) is 24.0. The summed E-state index contributed by atoms with van der Waals surface area (Å²) < 4.78 is 43.4. The number of halogens is 1. The number of amides is 1. The van der Waals surface area contributed by atoms with Crippen LogP contribution in [0, 0.1) is 5.92 Å². The van der Waals surface area contributed by atoms with E-state index < -0.39 is 21.7 Å². The predicted octanol–water partition coefficient (Wildman–Crippen LogP) is 3.37. The van der Waals surface area contributed by atoms with Crippen molar-refractivity contribution in [1.82, 2.24) is 20.1 Å². The molecule has 1 aliphatic rings. The summed E-state index contributed by atoms with van der Waals surface area (Å²) in [7, 11) is -3.09. The number of hydrogen-bond donors (Lipinski definition) is 1. The van der Waals surface area contributed by atoms with Gasteiger partial charge < -0.3 is 10.1 Å². The molecular formula is C23H27FN4O4S. The van der Waals surface area contributed by atoms with Gasteiger partial charge in [-0.2, -0.15) is 5.10 Å². The molecule has 3 aromatic rings. The summed E-state index contributed by atoms with van der Waals surface area (Å²) >= 11 is 0. The van der Waals surface area contributed by atoms with Crippen LogP contribution in [0.3, 0.4) is 0 Å². The molecule has 3 heterocycles. The Bertz CT molecular complexity index is 1310. The third-order valence-corrected chi connectivity index (χ3v) is 7.44. The van der Waals surface area contributed by atoms with E-state index in [4.69, 9.17) is 9.84 Å². The number of nitrogens with one attached hydrogen (secondary N) is 1. The molecular weight excluding hydrogens is 447 g/mol. The molecule has 1 aliphatic heterocycles. The average molecular weight is 475 g/mol. The zero-order valence-electron chi connectivity index (χ0n) is 19.0. The van der Waals surface area contributed by atoms with Gasteiger partial charge in [-0.3, -0.25) is 14.5 Å². The molecule has 0 spiro atoms. The largest absolute Gasteiger partial charge is 0.461 e. The minimum Gasteiger partial charge on any atom is -0.461 e. The number of sulfone groups is 1. The molecule has 0 bridgehead atoms. The number of fused-ring (bicyclic) bond motifs is 1. The second kappa shape index (κ2) is 8.40.